The summed E-state index contributed by atoms with van der Waals surface area (Å²) in [6, 6.07) is 7.40. The van der Waals surface area contributed by atoms with Crippen LogP contribution in [0.25, 0.3) is 5.69 Å². The van der Waals surface area contributed by atoms with Crippen LogP contribution in [0.3, 0.4) is 0 Å². The van der Waals surface area contributed by atoms with Crippen molar-refractivity contribution >= 4 is 29.3 Å². The van der Waals surface area contributed by atoms with E-state index in [1.54, 1.807) is 24.5 Å². The van der Waals surface area contributed by atoms with E-state index < -0.39 is 47.3 Å². The average molecular weight is 490 g/mol. The lowest BCUT2D eigenvalue weighted by molar-refractivity contribution is -0.130. The number of nitrogens with one attached hydrogen (secondary N) is 1. The third-order valence-corrected chi connectivity index (χ3v) is 6.23. The Kier molecular flexibility index (Phi) is 5.77. The first kappa shape index (κ1) is 23.6. The summed E-state index contributed by atoms with van der Waals surface area (Å²) in [6.07, 6.45) is 0. The van der Waals surface area contributed by atoms with Gasteiger partial charge < -0.3 is 9.88 Å². The maximum absolute atomic E-state index is 14.3. The van der Waals surface area contributed by atoms with Gasteiger partial charge in [0.1, 0.15) is 23.0 Å². The molecule has 0 saturated carbocycles. The lowest BCUT2D eigenvalue weighted by Crippen LogP contribution is -2.42. The summed E-state index contributed by atoms with van der Waals surface area (Å²) >= 11 is 5.89. The Bertz CT molecular complexity index is 1370. The number of aromatic nitrogens is 1. The van der Waals surface area contributed by atoms with E-state index in [-0.39, 0.29) is 16.1 Å². The molecule has 10 heteroatoms. The van der Waals surface area contributed by atoms with Crippen LogP contribution in [0.2, 0.25) is 5.02 Å². The number of nitrogens with zero attached hydrogens (tertiary/aromatic N) is 2. The van der Waals surface area contributed by atoms with Crippen molar-refractivity contribution in [3.05, 3.63) is 87.5 Å². The zero-order valence-electron chi connectivity index (χ0n) is 18.4. The second-order valence-corrected chi connectivity index (χ2v) is 8.62. The number of ketones is 1. The highest BCUT2D eigenvalue weighted by Gasteiger charge is 2.51. The summed E-state index contributed by atoms with van der Waals surface area (Å²) in [6.45, 7) is 4.04. The van der Waals surface area contributed by atoms with Gasteiger partial charge in [0.25, 0.3) is 5.91 Å². The van der Waals surface area contributed by atoms with Gasteiger partial charge >= 0.3 is 6.03 Å². The van der Waals surface area contributed by atoms with E-state index in [4.69, 9.17) is 11.6 Å². The van der Waals surface area contributed by atoms with E-state index in [0.29, 0.717) is 22.0 Å². The fourth-order valence-electron chi connectivity index (χ4n) is 4.20. The first-order valence-electron chi connectivity index (χ1n) is 10.2. The monoisotopic (exact) mass is 489 g/mol. The van der Waals surface area contributed by atoms with E-state index in [0.717, 1.165) is 18.2 Å². The Morgan fingerprint density at radius 2 is 1.71 bits per heavy atom. The van der Waals surface area contributed by atoms with E-state index in [1.807, 2.05) is 0 Å². The van der Waals surface area contributed by atoms with Crippen LogP contribution in [0.5, 0.6) is 0 Å². The lowest BCUT2D eigenvalue weighted by atomic mass is 9.91. The number of benzene rings is 2. The Balaban J connectivity index is 1.63. The zero-order valence-corrected chi connectivity index (χ0v) is 19.1. The van der Waals surface area contributed by atoms with E-state index in [1.165, 1.54) is 25.1 Å². The Morgan fingerprint density at radius 3 is 2.38 bits per heavy atom. The van der Waals surface area contributed by atoms with Crippen LogP contribution in [0.1, 0.15) is 34.2 Å². The number of carbonyl (C=O) groups excluding carboxylic acids is 3. The molecule has 2 heterocycles. The van der Waals surface area contributed by atoms with Crippen molar-refractivity contribution in [1.82, 2.24) is 14.8 Å². The number of halogens is 4. The lowest BCUT2D eigenvalue weighted by Gasteiger charge is -2.22. The number of rotatable bonds is 5. The van der Waals surface area contributed by atoms with Crippen molar-refractivity contribution in [3.8, 4) is 5.69 Å². The second-order valence-electron chi connectivity index (χ2n) is 8.21. The van der Waals surface area contributed by atoms with Crippen LogP contribution in [0.4, 0.5) is 18.0 Å². The van der Waals surface area contributed by atoms with Crippen LogP contribution in [-0.2, 0) is 10.3 Å². The summed E-state index contributed by atoms with van der Waals surface area (Å²) in [5.41, 5.74) is -0.296. The molecule has 6 nitrogen and oxygen atoms in total. The molecule has 1 atom stereocenters. The van der Waals surface area contributed by atoms with Crippen LogP contribution in [0, 0.1) is 31.3 Å². The molecule has 1 fully saturated rings. The van der Waals surface area contributed by atoms with Gasteiger partial charge in [-0.15, -0.1) is 0 Å². The number of carbonyl (C=O) groups is 3. The highest BCUT2D eigenvalue weighted by molar-refractivity contribution is 6.30. The molecule has 2 aromatic carbocycles. The van der Waals surface area contributed by atoms with E-state index in [9.17, 15) is 27.6 Å². The van der Waals surface area contributed by atoms with Gasteiger partial charge in [0.2, 0.25) is 0 Å². The molecule has 0 aliphatic carbocycles. The molecule has 0 bridgehead atoms. The Hall–Kier alpha value is -3.59. The zero-order chi connectivity index (χ0) is 24.9. The molecule has 1 saturated heterocycles. The van der Waals surface area contributed by atoms with Crippen LogP contribution in [-0.4, -0.2) is 33.7 Å². The number of hydrogen-bond acceptors (Lipinski definition) is 3. The molecule has 34 heavy (non-hydrogen) atoms. The smallest absolute Gasteiger partial charge is 0.319 e. The topological polar surface area (TPSA) is 71.4 Å². The fraction of sp³-hybridized carbons (Fsp3) is 0.208. The summed E-state index contributed by atoms with van der Waals surface area (Å²) < 4.78 is 43.3. The maximum Gasteiger partial charge on any atom is 0.325 e. The molecule has 3 aromatic rings. The number of imide groups is 1. The van der Waals surface area contributed by atoms with Crippen molar-refractivity contribution < 1.29 is 27.6 Å². The van der Waals surface area contributed by atoms with Crippen LogP contribution < -0.4 is 5.32 Å². The third kappa shape index (κ3) is 3.75. The van der Waals surface area contributed by atoms with Gasteiger partial charge in [-0.25, -0.2) is 18.0 Å². The minimum atomic E-state index is -1.87. The summed E-state index contributed by atoms with van der Waals surface area (Å²) in [7, 11) is 0. The first-order chi connectivity index (χ1) is 15.9. The van der Waals surface area contributed by atoms with Gasteiger partial charge in [0.15, 0.2) is 5.78 Å². The van der Waals surface area contributed by atoms with Gasteiger partial charge in [-0.05, 0) is 63.2 Å². The molecule has 1 N–H and O–H groups in total. The van der Waals surface area contributed by atoms with Gasteiger partial charge in [0, 0.05) is 28.2 Å². The van der Waals surface area contributed by atoms with Crippen molar-refractivity contribution in [2.75, 3.05) is 6.54 Å². The molecule has 176 valence electrons. The number of amides is 3. The molecule has 1 aliphatic heterocycles. The van der Waals surface area contributed by atoms with Crippen LogP contribution in [0.15, 0.2) is 42.5 Å². The normalized spacial score (nSPS) is 17.9. The second kappa shape index (κ2) is 8.32. The SMILES string of the molecule is Cc1cc(C(=O)CN2C(=O)NC(C)(c3cc(F)ccc3F)C2=O)c(C)n1-c1ccc(F)c(Cl)c1. The molecule has 1 aromatic heterocycles. The number of aryl methyl sites for hydroxylation is 1. The molecule has 0 spiro atoms. The summed E-state index contributed by atoms with van der Waals surface area (Å²) in [5, 5.41) is 2.28. The number of Topliss-reactive ketones (excluding diaryl/α,β-unsaturated/α-hetero) is 1. The largest absolute Gasteiger partial charge is 0.325 e. The molecule has 0 radical (unpaired) electrons. The predicted molar refractivity (Wildman–Crippen MR) is 118 cm³/mol. The number of urea groups is 1. The molecule has 1 aliphatic rings. The average Bonchev–Trinajstić information content (AvgIpc) is 3.19. The minimum Gasteiger partial charge on any atom is -0.319 e. The fourth-order valence-corrected chi connectivity index (χ4v) is 4.37. The molecule has 1 unspecified atom stereocenters. The van der Waals surface area contributed by atoms with Gasteiger partial charge in [-0.2, -0.15) is 0 Å². The standard InChI is InChI=1S/C24H19ClF3N3O3/c1-12-8-16(13(2)31(12)15-5-7-20(28)18(25)10-15)21(32)11-30-22(33)24(3,29-23(30)34)17-9-14(26)4-6-19(17)27/h4-10H,11H2,1-3H3,(H,29,34). The first-order valence-corrected chi connectivity index (χ1v) is 10.6. The van der Waals surface area contributed by atoms with Gasteiger partial charge in [-0.1, -0.05) is 11.6 Å². The quantitative estimate of drug-likeness (QED) is 0.413. The molecule has 4 rings (SSSR count). The maximum atomic E-state index is 14.3. The van der Waals surface area contributed by atoms with Crippen molar-refractivity contribution in [3.63, 3.8) is 0 Å². The summed E-state index contributed by atoms with van der Waals surface area (Å²) in [5.74, 6) is -3.65. The van der Waals surface area contributed by atoms with Crippen molar-refractivity contribution in [1.29, 1.82) is 0 Å². The minimum absolute atomic E-state index is 0.0823. The highest BCUT2D eigenvalue weighted by atomic mass is 35.5. The van der Waals surface area contributed by atoms with Gasteiger partial charge in [-0.3, -0.25) is 14.5 Å². The third-order valence-electron chi connectivity index (χ3n) is 5.94. The Labute approximate surface area is 197 Å². The number of hydrogen-bond donors (Lipinski definition) is 1. The molecular weight excluding hydrogens is 471 g/mol. The van der Waals surface area contributed by atoms with E-state index >= 15 is 0 Å². The van der Waals surface area contributed by atoms with Gasteiger partial charge in [0.05, 0.1) is 11.6 Å². The Morgan fingerprint density at radius 1 is 1.03 bits per heavy atom. The van der Waals surface area contributed by atoms with Crippen LogP contribution >= 0.6 is 11.6 Å². The van der Waals surface area contributed by atoms with E-state index in [2.05, 4.69) is 5.32 Å². The van der Waals surface area contributed by atoms with Crippen molar-refractivity contribution in [2.45, 2.75) is 26.3 Å². The highest BCUT2D eigenvalue weighted by Crippen LogP contribution is 2.32. The van der Waals surface area contributed by atoms with Crippen molar-refractivity contribution in [2.24, 2.45) is 0 Å². The molecule has 3 amide bonds. The summed E-state index contributed by atoms with van der Waals surface area (Å²) in [4.78, 5) is 39.4. The predicted octanol–water partition coefficient (Wildman–Crippen LogP) is 4.81. The molecular formula is C24H19ClF3N3O3.